The summed E-state index contributed by atoms with van der Waals surface area (Å²) in [5.41, 5.74) is 6.52. The lowest BCUT2D eigenvalue weighted by molar-refractivity contribution is -0.114. The number of carbonyl (C=O) groups is 1. The molecular weight excluding hydrogens is 310 g/mol. The Morgan fingerprint density at radius 3 is 2.32 bits per heavy atom. The number of rotatable bonds is 7. The quantitative estimate of drug-likeness (QED) is 0.780. The summed E-state index contributed by atoms with van der Waals surface area (Å²) in [4.78, 5) is 14.6. The molecule has 0 aromatic heterocycles. The molecular formula is C21H29N3O. The maximum Gasteiger partial charge on any atom is 0.243 e. The average Bonchev–Trinajstić information content (AvgIpc) is 2.59. The van der Waals surface area contributed by atoms with Crippen molar-refractivity contribution in [3.8, 4) is 0 Å². The lowest BCUT2D eigenvalue weighted by atomic mass is 10.1. The number of carbonyl (C=O) groups excluding carboxylic acids is 1. The molecule has 2 aromatic rings. The highest BCUT2D eigenvalue weighted by atomic mass is 16.1. The van der Waals surface area contributed by atoms with Gasteiger partial charge in [0, 0.05) is 30.2 Å². The third kappa shape index (κ3) is 4.75. The third-order valence-electron chi connectivity index (χ3n) is 4.66. The van der Waals surface area contributed by atoms with Crippen LogP contribution in [0.25, 0.3) is 0 Å². The second-order valence-corrected chi connectivity index (χ2v) is 6.32. The Kier molecular flexibility index (Phi) is 6.45. The summed E-state index contributed by atoms with van der Waals surface area (Å²) >= 11 is 0. The van der Waals surface area contributed by atoms with Gasteiger partial charge in [-0.15, -0.1) is 0 Å². The Morgan fingerprint density at radius 1 is 0.960 bits per heavy atom. The van der Waals surface area contributed by atoms with Crippen molar-refractivity contribution in [2.24, 2.45) is 0 Å². The summed E-state index contributed by atoms with van der Waals surface area (Å²) in [5, 5.41) is 6.22. The van der Waals surface area contributed by atoms with Crippen molar-refractivity contribution in [3.05, 3.63) is 53.1 Å². The van der Waals surface area contributed by atoms with Crippen LogP contribution in [0.5, 0.6) is 0 Å². The predicted octanol–water partition coefficient (Wildman–Crippen LogP) is 4.51. The highest BCUT2D eigenvalue weighted by Gasteiger charge is 2.08. The minimum atomic E-state index is -0.0420. The molecule has 0 spiro atoms. The van der Waals surface area contributed by atoms with Gasteiger partial charge >= 0.3 is 0 Å². The maximum atomic E-state index is 12.3. The van der Waals surface area contributed by atoms with E-state index in [0.717, 1.165) is 30.0 Å². The number of nitrogens with one attached hydrogen (secondary N) is 2. The molecule has 4 heteroatoms. The van der Waals surface area contributed by atoms with Crippen LogP contribution in [0.15, 0.2) is 36.4 Å². The Bertz CT molecular complexity index is 736. The van der Waals surface area contributed by atoms with Crippen LogP contribution in [0, 0.1) is 20.8 Å². The largest absolute Gasteiger partial charge is 0.376 e. The molecule has 25 heavy (non-hydrogen) atoms. The van der Waals surface area contributed by atoms with Crippen LogP contribution in [0.3, 0.4) is 0 Å². The van der Waals surface area contributed by atoms with Gasteiger partial charge in [-0.05, 0) is 75.6 Å². The van der Waals surface area contributed by atoms with Gasteiger partial charge in [0.15, 0.2) is 0 Å². The minimum absolute atomic E-state index is 0.0420. The molecule has 134 valence electrons. The van der Waals surface area contributed by atoms with Crippen LogP contribution in [-0.4, -0.2) is 25.5 Å². The van der Waals surface area contributed by atoms with E-state index in [4.69, 9.17) is 0 Å². The molecule has 0 saturated heterocycles. The van der Waals surface area contributed by atoms with Gasteiger partial charge in [0.2, 0.25) is 5.91 Å². The van der Waals surface area contributed by atoms with Crippen LogP contribution in [0.1, 0.15) is 30.5 Å². The molecule has 0 saturated carbocycles. The molecule has 1 amide bonds. The SMILES string of the molecule is CCN(CC)c1ccc(NC(=O)CNc2cccc(C)c2C)c(C)c1. The first-order chi connectivity index (χ1) is 12.0. The van der Waals surface area contributed by atoms with E-state index in [9.17, 15) is 4.79 Å². The van der Waals surface area contributed by atoms with Crippen LogP contribution in [0.4, 0.5) is 17.1 Å². The molecule has 2 rings (SSSR count). The van der Waals surface area contributed by atoms with E-state index in [0.29, 0.717) is 0 Å². The maximum absolute atomic E-state index is 12.3. The molecule has 0 unspecified atom stereocenters. The highest BCUT2D eigenvalue weighted by molar-refractivity contribution is 5.94. The number of hydrogen-bond donors (Lipinski definition) is 2. The van der Waals surface area contributed by atoms with Gasteiger partial charge in [-0.3, -0.25) is 4.79 Å². The van der Waals surface area contributed by atoms with E-state index in [1.807, 2.05) is 25.1 Å². The van der Waals surface area contributed by atoms with Gasteiger partial charge in [-0.25, -0.2) is 0 Å². The van der Waals surface area contributed by atoms with E-state index in [-0.39, 0.29) is 12.5 Å². The number of nitrogens with zero attached hydrogens (tertiary/aromatic N) is 1. The minimum Gasteiger partial charge on any atom is -0.376 e. The summed E-state index contributed by atoms with van der Waals surface area (Å²) in [7, 11) is 0. The van der Waals surface area contributed by atoms with Crippen molar-refractivity contribution in [1.82, 2.24) is 0 Å². The lowest BCUT2D eigenvalue weighted by Gasteiger charge is -2.22. The van der Waals surface area contributed by atoms with Crippen LogP contribution < -0.4 is 15.5 Å². The molecule has 0 aliphatic carbocycles. The fraction of sp³-hybridized carbons (Fsp3) is 0.381. The molecule has 0 radical (unpaired) electrons. The fourth-order valence-corrected chi connectivity index (χ4v) is 2.89. The smallest absolute Gasteiger partial charge is 0.243 e. The Morgan fingerprint density at radius 2 is 1.68 bits per heavy atom. The van der Waals surface area contributed by atoms with Gasteiger partial charge < -0.3 is 15.5 Å². The van der Waals surface area contributed by atoms with E-state index < -0.39 is 0 Å². The zero-order valence-corrected chi connectivity index (χ0v) is 15.9. The first-order valence-corrected chi connectivity index (χ1v) is 8.91. The molecule has 2 N–H and O–H groups in total. The number of amides is 1. The first kappa shape index (κ1) is 18.8. The first-order valence-electron chi connectivity index (χ1n) is 8.91. The number of aryl methyl sites for hydroxylation is 2. The normalized spacial score (nSPS) is 10.4. The van der Waals surface area contributed by atoms with Crippen molar-refractivity contribution in [1.29, 1.82) is 0 Å². The van der Waals surface area contributed by atoms with E-state index in [2.05, 4.69) is 61.4 Å². The van der Waals surface area contributed by atoms with Gasteiger partial charge in [0.25, 0.3) is 0 Å². The molecule has 0 bridgehead atoms. The van der Waals surface area contributed by atoms with E-state index >= 15 is 0 Å². The summed E-state index contributed by atoms with van der Waals surface area (Å²) in [6, 6.07) is 12.2. The van der Waals surface area contributed by atoms with Crippen LogP contribution >= 0.6 is 0 Å². The van der Waals surface area contributed by atoms with Crippen molar-refractivity contribution in [2.75, 3.05) is 35.2 Å². The molecule has 0 aliphatic heterocycles. The second kappa shape index (κ2) is 8.56. The van der Waals surface area contributed by atoms with Crippen molar-refractivity contribution >= 4 is 23.0 Å². The van der Waals surface area contributed by atoms with Gasteiger partial charge in [-0.2, -0.15) is 0 Å². The Balaban J connectivity index is 1.99. The van der Waals surface area contributed by atoms with Crippen LogP contribution in [0.2, 0.25) is 0 Å². The monoisotopic (exact) mass is 339 g/mol. The number of anilines is 3. The average molecular weight is 339 g/mol. The van der Waals surface area contributed by atoms with Gasteiger partial charge in [-0.1, -0.05) is 12.1 Å². The Hall–Kier alpha value is -2.49. The standard InChI is InChI=1S/C21H29N3O/c1-6-24(7-2)18-11-12-19(16(4)13-18)23-21(25)14-22-20-10-8-9-15(3)17(20)5/h8-13,22H,6-7,14H2,1-5H3,(H,23,25). The molecule has 0 fully saturated rings. The lowest BCUT2D eigenvalue weighted by Crippen LogP contribution is -2.23. The van der Waals surface area contributed by atoms with E-state index in [1.54, 1.807) is 0 Å². The molecule has 4 nitrogen and oxygen atoms in total. The van der Waals surface area contributed by atoms with E-state index in [1.165, 1.54) is 16.8 Å². The van der Waals surface area contributed by atoms with Crippen molar-refractivity contribution in [3.63, 3.8) is 0 Å². The predicted molar refractivity (Wildman–Crippen MR) is 108 cm³/mol. The summed E-state index contributed by atoms with van der Waals surface area (Å²) in [5.74, 6) is -0.0420. The fourth-order valence-electron chi connectivity index (χ4n) is 2.89. The van der Waals surface area contributed by atoms with Gasteiger partial charge in [0.05, 0.1) is 6.54 Å². The van der Waals surface area contributed by atoms with Crippen LogP contribution in [-0.2, 0) is 4.79 Å². The van der Waals surface area contributed by atoms with Gasteiger partial charge in [0.1, 0.15) is 0 Å². The summed E-state index contributed by atoms with van der Waals surface area (Å²) in [6.07, 6.45) is 0. The molecule has 0 aliphatic rings. The summed E-state index contributed by atoms with van der Waals surface area (Å²) in [6.45, 7) is 12.7. The zero-order chi connectivity index (χ0) is 18.4. The number of hydrogen-bond acceptors (Lipinski definition) is 3. The Labute approximate surface area is 151 Å². The molecule has 2 aromatic carbocycles. The topological polar surface area (TPSA) is 44.4 Å². The number of benzene rings is 2. The molecule has 0 heterocycles. The van der Waals surface area contributed by atoms with Crippen molar-refractivity contribution < 1.29 is 4.79 Å². The molecule has 0 atom stereocenters. The third-order valence-corrected chi connectivity index (χ3v) is 4.66. The highest BCUT2D eigenvalue weighted by Crippen LogP contribution is 2.23. The second-order valence-electron chi connectivity index (χ2n) is 6.32. The zero-order valence-electron chi connectivity index (χ0n) is 15.9. The summed E-state index contributed by atoms with van der Waals surface area (Å²) < 4.78 is 0. The van der Waals surface area contributed by atoms with Crippen molar-refractivity contribution in [2.45, 2.75) is 34.6 Å².